The number of esters is 3. The zero-order chi connectivity index (χ0) is 43.8. The molecule has 0 spiro atoms. The fraction of sp³-hybridized carbons (Fsp3) is 0.944. The Hall–Kier alpha value is -1.59. The summed E-state index contributed by atoms with van der Waals surface area (Å²) >= 11 is 0. The van der Waals surface area contributed by atoms with E-state index in [1.165, 1.54) is 193 Å². The summed E-state index contributed by atoms with van der Waals surface area (Å²) in [5.41, 5.74) is 0. The Bertz CT molecular complexity index is 903. The lowest BCUT2D eigenvalue weighted by Crippen LogP contribution is -2.30. The summed E-state index contributed by atoms with van der Waals surface area (Å²) in [5.74, 6) is -0.00900. The monoisotopic (exact) mass is 849 g/mol. The number of hydrogen-bond donors (Lipinski definition) is 0. The van der Waals surface area contributed by atoms with Gasteiger partial charge in [-0.1, -0.05) is 265 Å². The van der Waals surface area contributed by atoms with Gasteiger partial charge >= 0.3 is 17.9 Å². The normalized spacial score (nSPS) is 11.9. The summed E-state index contributed by atoms with van der Waals surface area (Å²) in [4.78, 5) is 37.7. The smallest absolute Gasteiger partial charge is 0.306 e. The molecule has 0 aromatic heterocycles. The molecule has 60 heavy (non-hydrogen) atoms. The molecule has 0 bridgehead atoms. The Kier molecular flexibility index (Phi) is 47.2. The summed E-state index contributed by atoms with van der Waals surface area (Å²) in [5, 5.41) is 0. The minimum atomic E-state index is -0.759. The standard InChI is InChI=1S/C54H104O6/c1-5-7-9-11-12-13-14-15-16-17-18-19-22-25-28-31-34-38-42-46-53(56)59-49-51(48-58-52(55)45-41-36-10-8-6-2)60-54(57)47-43-39-35-32-29-26-23-20-21-24-27-30-33-37-40-44-50(3)4/h50-51H,5-49H2,1-4H3/t51-/m1/s1. The third-order valence-electron chi connectivity index (χ3n) is 12.3. The van der Waals surface area contributed by atoms with Crippen molar-refractivity contribution >= 4 is 17.9 Å². The lowest BCUT2D eigenvalue weighted by atomic mass is 10.0. The lowest BCUT2D eigenvalue weighted by Gasteiger charge is -2.18. The first-order valence-electron chi connectivity index (χ1n) is 26.9. The number of rotatable bonds is 49. The minimum absolute atomic E-state index is 0.0636. The largest absolute Gasteiger partial charge is 0.462 e. The van der Waals surface area contributed by atoms with Crippen molar-refractivity contribution in [2.45, 2.75) is 310 Å². The van der Waals surface area contributed by atoms with Gasteiger partial charge in [-0.15, -0.1) is 0 Å². The molecular formula is C54H104O6. The summed E-state index contributed by atoms with van der Waals surface area (Å²) < 4.78 is 16.7. The van der Waals surface area contributed by atoms with Crippen molar-refractivity contribution in [3.63, 3.8) is 0 Å². The van der Waals surface area contributed by atoms with Crippen LogP contribution in [0.3, 0.4) is 0 Å². The summed E-state index contributed by atoms with van der Waals surface area (Å²) in [6, 6.07) is 0. The number of carbonyl (C=O) groups excluding carboxylic acids is 3. The molecule has 0 unspecified atom stereocenters. The zero-order valence-corrected chi connectivity index (χ0v) is 40.9. The van der Waals surface area contributed by atoms with Crippen molar-refractivity contribution in [2.24, 2.45) is 5.92 Å². The van der Waals surface area contributed by atoms with Gasteiger partial charge < -0.3 is 14.2 Å². The highest BCUT2D eigenvalue weighted by atomic mass is 16.6. The zero-order valence-electron chi connectivity index (χ0n) is 40.9. The van der Waals surface area contributed by atoms with Gasteiger partial charge in [-0.25, -0.2) is 0 Å². The molecule has 0 aromatic rings. The third kappa shape index (κ3) is 47.5. The molecule has 6 nitrogen and oxygen atoms in total. The molecular weight excluding hydrogens is 745 g/mol. The van der Waals surface area contributed by atoms with E-state index in [0.717, 1.165) is 70.1 Å². The van der Waals surface area contributed by atoms with Gasteiger partial charge in [0.2, 0.25) is 0 Å². The van der Waals surface area contributed by atoms with Crippen LogP contribution in [-0.2, 0) is 28.6 Å². The molecule has 0 aliphatic heterocycles. The molecule has 1 atom stereocenters. The molecule has 6 heteroatoms. The fourth-order valence-electron chi connectivity index (χ4n) is 8.22. The summed E-state index contributed by atoms with van der Waals surface area (Å²) in [6.07, 6.45) is 51.3. The van der Waals surface area contributed by atoms with Crippen molar-refractivity contribution in [3.05, 3.63) is 0 Å². The van der Waals surface area contributed by atoms with Gasteiger partial charge in [0.1, 0.15) is 13.2 Å². The Morgan fingerprint density at radius 2 is 0.550 bits per heavy atom. The third-order valence-corrected chi connectivity index (χ3v) is 12.3. The van der Waals surface area contributed by atoms with Gasteiger partial charge in [-0.2, -0.15) is 0 Å². The first-order chi connectivity index (χ1) is 29.4. The van der Waals surface area contributed by atoms with Crippen molar-refractivity contribution in [1.29, 1.82) is 0 Å². The van der Waals surface area contributed by atoms with Crippen molar-refractivity contribution in [1.82, 2.24) is 0 Å². The molecule has 0 radical (unpaired) electrons. The SMILES string of the molecule is CCCCCCCCCCCCCCCCCCCCCC(=O)OC[C@@H](COC(=O)CCCCCCC)OC(=O)CCCCCCCCCCCCCCCCCC(C)C. The average Bonchev–Trinajstić information content (AvgIpc) is 3.23. The van der Waals surface area contributed by atoms with Crippen molar-refractivity contribution < 1.29 is 28.6 Å². The van der Waals surface area contributed by atoms with Crippen LogP contribution in [0.4, 0.5) is 0 Å². The molecule has 0 aromatic carbocycles. The number of carbonyl (C=O) groups is 3. The molecule has 0 aliphatic carbocycles. The second-order valence-electron chi connectivity index (χ2n) is 19.0. The first kappa shape index (κ1) is 58.4. The molecule has 0 rings (SSSR count). The van der Waals surface area contributed by atoms with Crippen LogP contribution in [-0.4, -0.2) is 37.2 Å². The van der Waals surface area contributed by atoms with E-state index < -0.39 is 6.10 Å². The Labute approximate surface area is 374 Å². The maximum absolute atomic E-state index is 12.7. The van der Waals surface area contributed by atoms with E-state index in [2.05, 4.69) is 27.7 Å². The van der Waals surface area contributed by atoms with E-state index in [4.69, 9.17) is 14.2 Å². The minimum Gasteiger partial charge on any atom is -0.462 e. The average molecular weight is 849 g/mol. The van der Waals surface area contributed by atoms with Gasteiger partial charge in [-0.3, -0.25) is 14.4 Å². The van der Waals surface area contributed by atoms with Gasteiger partial charge in [0, 0.05) is 19.3 Å². The topological polar surface area (TPSA) is 78.9 Å². The van der Waals surface area contributed by atoms with Gasteiger partial charge in [0.05, 0.1) is 0 Å². The maximum Gasteiger partial charge on any atom is 0.306 e. The van der Waals surface area contributed by atoms with Crippen molar-refractivity contribution in [3.8, 4) is 0 Å². The molecule has 356 valence electrons. The predicted molar refractivity (Wildman–Crippen MR) is 257 cm³/mol. The highest BCUT2D eigenvalue weighted by Crippen LogP contribution is 2.17. The van der Waals surface area contributed by atoms with Gasteiger partial charge in [0.25, 0.3) is 0 Å². The molecule has 0 N–H and O–H groups in total. The summed E-state index contributed by atoms with van der Waals surface area (Å²) in [6.45, 7) is 8.97. The Morgan fingerprint density at radius 1 is 0.317 bits per heavy atom. The number of hydrogen-bond acceptors (Lipinski definition) is 6. The van der Waals surface area contributed by atoms with Crippen molar-refractivity contribution in [2.75, 3.05) is 13.2 Å². The maximum atomic E-state index is 12.7. The molecule has 0 heterocycles. The van der Waals surface area contributed by atoms with Crippen LogP contribution >= 0.6 is 0 Å². The molecule has 0 aliphatic rings. The van der Waals surface area contributed by atoms with E-state index in [-0.39, 0.29) is 31.1 Å². The second-order valence-corrected chi connectivity index (χ2v) is 19.0. The van der Waals surface area contributed by atoms with Crippen LogP contribution in [0.25, 0.3) is 0 Å². The second kappa shape index (κ2) is 48.4. The fourth-order valence-corrected chi connectivity index (χ4v) is 8.22. The van der Waals surface area contributed by atoms with Crippen LogP contribution in [0.15, 0.2) is 0 Å². The van der Waals surface area contributed by atoms with Crippen LogP contribution < -0.4 is 0 Å². The molecule has 0 fully saturated rings. The van der Waals surface area contributed by atoms with E-state index in [0.29, 0.717) is 19.3 Å². The van der Waals surface area contributed by atoms with Gasteiger partial charge in [0.15, 0.2) is 6.10 Å². The summed E-state index contributed by atoms with van der Waals surface area (Å²) in [7, 11) is 0. The van der Waals surface area contributed by atoms with Crippen LogP contribution in [0.5, 0.6) is 0 Å². The highest BCUT2D eigenvalue weighted by Gasteiger charge is 2.19. The van der Waals surface area contributed by atoms with E-state index in [1.807, 2.05) is 0 Å². The first-order valence-corrected chi connectivity index (χ1v) is 26.9. The lowest BCUT2D eigenvalue weighted by molar-refractivity contribution is -0.167. The quantitative estimate of drug-likeness (QED) is 0.0345. The predicted octanol–water partition coefficient (Wildman–Crippen LogP) is 17.5. The van der Waals surface area contributed by atoms with E-state index in [9.17, 15) is 14.4 Å². The van der Waals surface area contributed by atoms with Crippen LogP contribution in [0.2, 0.25) is 0 Å². The van der Waals surface area contributed by atoms with Gasteiger partial charge in [-0.05, 0) is 25.2 Å². The number of ether oxygens (including phenoxy) is 3. The molecule has 0 saturated heterocycles. The van der Waals surface area contributed by atoms with Crippen LogP contribution in [0.1, 0.15) is 304 Å². The Balaban J connectivity index is 4.07. The Morgan fingerprint density at radius 3 is 0.817 bits per heavy atom. The number of unbranched alkanes of at least 4 members (excludes halogenated alkanes) is 36. The van der Waals surface area contributed by atoms with E-state index >= 15 is 0 Å². The highest BCUT2D eigenvalue weighted by molar-refractivity contribution is 5.71. The molecule has 0 saturated carbocycles. The van der Waals surface area contributed by atoms with E-state index in [1.54, 1.807) is 0 Å². The van der Waals surface area contributed by atoms with Crippen LogP contribution in [0, 0.1) is 5.92 Å². The molecule has 0 amide bonds.